The first-order valence-corrected chi connectivity index (χ1v) is 9.22. The number of hydrogen-bond donors (Lipinski definition) is 2. The van der Waals surface area contributed by atoms with E-state index in [4.69, 9.17) is 0 Å². The summed E-state index contributed by atoms with van der Waals surface area (Å²) in [5.41, 5.74) is 1.70. The number of piperidine rings is 1. The molecule has 0 saturated carbocycles. The van der Waals surface area contributed by atoms with Crippen LogP contribution in [0.4, 0.5) is 14.6 Å². The van der Waals surface area contributed by atoms with Gasteiger partial charge >= 0.3 is 0 Å². The van der Waals surface area contributed by atoms with Gasteiger partial charge in [0.2, 0.25) is 0 Å². The predicted octanol–water partition coefficient (Wildman–Crippen LogP) is 3.75. The predicted molar refractivity (Wildman–Crippen MR) is 103 cm³/mol. The molecule has 0 aliphatic carbocycles. The Hall–Kier alpha value is -3.22. The van der Waals surface area contributed by atoms with Gasteiger partial charge in [-0.1, -0.05) is 12.1 Å². The minimum absolute atomic E-state index is 0.0537. The van der Waals surface area contributed by atoms with Gasteiger partial charge in [0.15, 0.2) is 5.82 Å². The van der Waals surface area contributed by atoms with Crippen molar-refractivity contribution >= 4 is 11.7 Å². The van der Waals surface area contributed by atoms with Gasteiger partial charge < -0.3 is 10.2 Å². The standard InChI is InChI=1S/C21H20F2N4O/c22-15-9-7-14(8-10-15)19-12-20(26-25-19)27-11-3-4-16(13-27)24-21(28)17-5-1-2-6-18(17)23/h1-2,5-10,12,16H,3-4,11,13H2,(H,24,28)(H,25,26)/t16-/m0/s1. The summed E-state index contributed by atoms with van der Waals surface area (Å²) < 4.78 is 26.9. The number of aromatic nitrogens is 2. The van der Waals surface area contributed by atoms with Crippen molar-refractivity contribution in [2.24, 2.45) is 0 Å². The van der Waals surface area contributed by atoms with Gasteiger partial charge in [-0.2, -0.15) is 5.10 Å². The topological polar surface area (TPSA) is 61.0 Å². The third kappa shape index (κ3) is 3.88. The van der Waals surface area contributed by atoms with Crippen molar-refractivity contribution in [2.75, 3.05) is 18.0 Å². The third-order valence-electron chi connectivity index (χ3n) is 4.92. The molecule has 2 N–H and O–H groups in total. The molecule has 0 radical (unpaired) electrons. The summed E-state index contributed by atoms with van der Waals surface area (Å²) in [6.45, 7) is 1.41. The Morgan fingerprint density at radius 3 is 2.71 bits per heavy atom. The Labute approximate surface area is 161 Å². The van der Waals surface area contributed by atoms with Gasteiger partial charge in [0.05, 0.1) is 11.3 Å². The molecule has 1 aliphatic heterocycles. The van der Waals surface area contributed by atoms with Gasteiger partial charge in [-0.25, -0.2) is 8.78 Å². The van der Waals surface area contributed by atoms with Gasteiger partial charge in [-0.15, -0.1) is 0 Å². The maximum atomic E-state index is 13.8. The molecular weight excluding hydrogens is 362 g/mol. The fourth-order valence-corrected chi connectivity index (χ4v) is 3.46. The Balaban J connectivity index is 1.43. The molecule has 0 bridgehead atoms. The average Bonchev–Trinajstić information content (AvgIpc) is 3.19. The lowest BCUT2D eigenvalue weighted by Crippen LogP contribution is -2.48. The second-order valence-electron chi connectivity index (χ2n) is 6.89. The maximum Gasteiger partial charge on any atom is 0.254 e. The van der Waals surface area contributed by atoms with Crippen LogP contribution in [0.3, 0.4) is 0 Å². The van der Waals surface area contributed by atoms with Crippen molar-refractivity contribution < 1.29 is 13.6 Å². The number of hydrogen-bond acceptors (Lipinski definition) is 3. The van der Waals surface area contributed by atoms with E-state index in [0.29, 0.717) is 6.54 Å². The van der Waals surface area contributed by atoms with E-state index in [1.54, 1.807) is 24.3 Å². The number of amides is 1. The second-order valence-corrected chi connectivity index (χ2v) is 6.89. The zero-order valence-corrected chi connectivity index (χ0v) is 15.2. The minimum Gasteiger partial charge on any atom is -0.353 e. The molecule has 1 aliphatic rings. The van der Waals surface area contributed by atoms with Crippen LogP contribution in [0.1, 0.15) is 23.2 Å². The van der Waals surface area contributed by atoms with Crippen LogP contribution in [0.2, 0.25) is 0 Å². The summed E-state index contributed by atoms with van der Waals surface area (Å²) >= 11 is 0. The molecule has 3 aromatic rings. The normalized spacial score (nSPS) is 16.8. The number of benzene rings is 2. The maximum absolute atomic E-state index is 13.8. The van der Waals surface area contributed by atoms with E-state index in [1.807, 2.05) is 6.07 Å². The van der Waals surface area contributed by atoms with Crippen LogP contribution in [0.25, 0.3) is 11.3 Å². The Morgan fingerprint density at radius 1 is 1.14 bits per heavy atom. The van der Waals surface area contributed by atoms with Gasteiger partial charge in [0.1, 0.15) is 11.6 Å². The average molecular weight is 382 g/mol. The van der Waals surface area contributed by atoms with E-state index in [-0.39, 0.29) is 17.4 Å². The molecule has 1 fully saturated rings. The summed E-state index contributed by atoms with van der Waals surface area (Å²) in [6.07, 6.45) is 1.72. The fraction of sp³-hybridized carbons (Fsp3) is 0.238. The molecule has 4 rings (SSSR count). The van der Waals surface area contributed by atoms with Crippen LogP contribution in [0, 0.1) is 11.6 Å². The number of nitrogens with one attached hydrogen (secondary N) is 2. The van der Waals surface area contributed by atoms with Crippen LogP contribution in [-0.4, -0.2) is 35.2 Å². The first-order valence-electron chi connectivity index (χ1n) is 9.22. The molecule has 1 aromatic heterocycles. The van der Waals surface area contributed by atoms with E-state index < -0.39 is 11.7 Å². The first kappa shape index (κ1) is 18.2. The molecular formula is C21H20F2N4O. The van der Waals surface area contributed by atoms with Crippen LogP contribution >= 0.6 is 0 Å². The van der Waals surface area contributed by atoms with Crippen LogP contribution < -0.4 is 10.2 Å². The summed E-state index contributed by atoms with van der Waals surface area (Å²) in [5, 5.41) is 10.3. The Morgan fingerprint density at radius 2 is 1.93 bits per heavy atom. The quantitative estimate of drug-likeness (QED) is 0.722. The highest BCUT2D eigenvalue weighted by atomic mass is 19.1. The SMILES string of the molecule is O=C(N[C@H]1CCCN(c2cc(-c3ccc(F)cc3)[nH]n2)C1)c1ccccc1F. The number of halogens is 2. The van der Waals surface area contributed by atoms with Crippen LogP contribution in [-0.2, 0) is 0 Å². The van der Waals surface area contributed by atoms with E-state index >= 15 is 0 Å². The number of carbonyl (C=O) groups is 1. The van der Waals surface area contributed by atoms with Crippen molar-refractivity contribution in [1.82, 2.24) is 15.5 Å². The lowest BCUT2D eigenvalue weighted by atomic mass is 10.0. The lowest BCUT2D eigenvalue weighted by molar-refractivity contribution is 0.0929. The Bertz CT molecular complexity index is 971. The van der Waals surface area contributed by atoms with Crippen molar-refractivity contribution in [3.05, 3.63) is 71.8 Å². The molecule has 1 amide bonds. The summed E-state index contributed by atoms with van der Waals surface area (Å²) in [6, 6.07) is 14.0. The van der Waals surface area contributed by atoms with Crippen LogP contribution in [0.15, 0.2) is 54.6 Å². The second kappa shape index (κ2) is 7.80. The summed E-state index contributed by atoms with van der Waals surface area (Å²) in [5.74, 6) is -0.444. The number of anilines is 1. The van der Waals surface area contributed by atoms with Crippen molar-refractivity contribution in [3.8, 4) is 11.3 Å². The molecule has 7 heteroatoms. The van der Waals surface area contributed by atoms with Crippen molar-refractivity contribution in [2.45, 2.75) is 18.9 Å². The fourth-order valence-electron chi connectivity index (χ4n) is 3.46. The Kier molecular flexibility index (Phi) is 5.06. The van der Waals surface area contributed by atoms with Gasteiger partial charge in [-0.05, 0) is 54.8 Å². The molecule has 2 aromatic carbocycles. The van der Waals surface area contributed by atoms with E-state index in [1.165, 1.54) is 24.3 Å². The van der Waals surface area contributed by atoms with E-state index in [2.05, 4.69) is 20.4 Å². The third-order valence-corrected chi connectivity index (χ3v) is 4.92. The molecule has 1 atom stereocenters. The lowest BCUT2D eigenvalue weighted by Gasteiger charge is -2.33. The van der Waals surface area contributed by atoms with Crippen molar-refractivity contribution in [1.29, 1.82) is 0 Å². The van der Waals surface area contributed by atoms with E-state index in [0.717, 1.165) is 36.5 Å². The van der Waals surface area contributed by atoms with Gasteiger partial charge in [0, 0.05) is 25.2 Å². The number of carbonyl (C=O) groups excluding carboxylic acids is 1. The molecule has 5 nitrogen and oxygen atoms in total. The molecule has 1 saturated heterocycles. The summed E-state index contributed by atoms with van der Waals surface area (Å²) in [4.78, 5) is 14.5. The highest BCUT2D eigenvalue weighted by Crippen LogP contribution is 2.24. The monoisotopic (exact) mass is 382 g/mol. The number of rotatable bonds is 4. The largest absolute Gasteiger partial charge is 0.353 e. The minimum atomic E-state index is -0.524. The van der Waals surface area contributed by atoms with Crippen molar-refractivity contribution in [3.63, 3.8) is 0 Å². The highest BCUT2D eigenvalue weighted by molar-refractivity contribution is 5.94. The number of H-pyrrole nitrogens is 1. The smallest absolute Gasteiger partial charge is 0.254 e. The number of aromatic amines is 1. The molecule has 0 spiro atoms. The zero-order valence-electron chi connectivity index (χ0n) is 15.2. The molecule has 28 heavy (non-hydrogen) atoms. The summed E-state index contributed by atoms with van der Waals surface area (Å²) in [7, 11) is 0. The first-order chi connectivity index (χ1) is 13.6. The van der Waals surface area contributed by atoms with Gasteiger partial charge in [-0.3, -0.25) is 9.89 Å². The van der Waals surface area contributed by atoms with Crippen LogP contribution in [0.5, 0.6) is 0 Å². The zero-order chi connectivity index (χ0) is 19.5. The molecule has 0 unspecified atom stereocenters. The molecule has 2 heterocycles. The number of nitrogens with zero attached hydrogens (tertiary/aromatic N) is 2. The highest BCUT2D eigenvalue weighted by Gasteiger charge is 2.24. The van der Waals surface area contributed by atoms with Gasteiger partial charge in [0.25, 0.3) is 5.91 Å². The van der Waals surface area contributed by atoms with E-state index in [9.17, 15) is 13.6 Å². The molecule has 144 valence electrons.